The zero-order chi connectivity index (χ0) is 10.5. The fourth-order valence-corrected chi connectivity index (χ4v) is 1.79. The van der Waals surface area contributed by atoms with Gasteiger partial charge in [0.2, 0.25) is 0 Å². The maximum atomic E-state index is 11.7. The smallest absolute Gasteiger partial charge is 0.172 e. The second-order valence-corrected chi connectivity index (χ2v) is 3.80. The molecule has 1 aromatic carbocycles. The number of ketones is 1. The van der Waals surface area contributed by atoms with Crippen molar-refractivity contribution in [3.05, 3.63) is 42.0 Å². The van der Waals surface area contributed by atoms with Crippen LogP contribution in [0.4, 0.5) is 0 Å². The molecule has 1 heterocycles. The number of benzene rings is 1. The van der Waals surface area contributed by atoms with Gasteiger partial charge in [-0.3, -0.25) is 4.79 Å². The van der Waals surface area contributed by atoms with E-state index >= 15 is 0 Å². The highest BCUT2D eigenvalue weighted by Gasteiger charge is 2.19. The van der Waals surface area contributed by atoms with Gasteiger partial charge in [-0.1, -0.05) is 36.4 Å². The maximum absolute atomic E-state index is 11.7. The highest BCUT2D eigenvalue weighted by atomic mass is 16.1. The average Bonchev–Trinajstić information content (AvgIpc) is 2.81. The minimum atomic E-state index is 0.0463. The maximum Gasteiger partial charge on any atom is 0.172 e. The molecule has 0 saturated carbocycles. The summed E-state index contributed by atoms with van der Waals surface area (Å²) >= 11 is 0. The van der Waals surface area contributed by atoms with E-state index in [0.717, 1.165) is 24.9 Å². The summed E-state index contributed by atoms with van der Waals surface area (Å²) in [7, 11) is 0. The van der Waals surface area contributed by atoms with Crippen LogP contribution in [0.1, 0.15) is 18.4 Å². The molecule has 0 amide bonds. The first-order valence-electron chi connectivity index (χ1n) is 5.36. The zero-order valence-corrected chi connectivity index (χ0v) is 8.65. The fourth-order valence-electron chi connectivity index (χ4n) is 1.79. The van der Waals surface area contributed by atoms with Crippen LogP contribution in [0.3, 0.4) is 0 Å². The third kappa shape index (κ3) is 2.77. The zero-order valence-electron chi connectivity index (χ0n) is 8.65. The molecule has 0 unspecified atom stereocenters. The van der Waals surface area contributed by atoms with E-state index in [9.17, 15) is 4.79 Å². The summed E-state index contributed by atoms with van der Waals surface area (Å²) in [4.78, 5) is 11.7. The lowest BCUT2D eigenvalue weighted by Gasteiger charge is -2.03. The van der Waals surface area contributed by atoms with Crippen LogP contribution >= 0.6 is 0 Å². The summed E-state index contributed by atoms with van der Waals surface area (Å²) < 4.78 is 0. The SMILES string of the molecule is O=C(C=Cc1ccccc1)[C@@H]1CCCN1. The number of nitrogens with one attached hydrogen (secondary N) is 1. The first-order chi connectivity index (χ1) is 7.36. The van der Waals surface area contributed by atoms with Crippen molar-refractivity contribution >= 4 is 11.9 Å². The Bertz CT molecular complexity index is 350. The lowest BCUT2D eigenvalue weighted by atomic mass is 10.1. The van der Waals surface area contributed by atoms with Crippen LogP contribution in [-0.4, -0.2) is 18.4 Å². The normalized spacial score (nSPS) is 20.9. The minimum Gasteiger partial charge on any atom is -0.307 e. The molecule has 1 atom stereocenters. The second-order valence-electron chi connectivity index (χ2n) is 3.80. The summed E-state index contributed by atoms with van der Waals surface area (Å²) in [6.07, 6.45) is 5.63. The minimum absolute atomic E-state index is 0.0463. The van der Waals surface area contributed by atoms with Gasteiger partial charge in [0.1, 0.15) is 0 Å². The monoisotopic (exact) mass is 201 g/mol. The molecule has 0 aliphatic carbocycles. The van der Waals surface area contributed by atoms with Crippen LogP contribution < -0.4 is 5.32 Å². The van der Waals surface area contributed by atoms with Crippen LogP contribution in [0.5, 0.6) is 0 Å². The molecule has 2 nitrogen and oxygen atoms in total. The number of carbonyl (C=O) groups is 1. The van der Waals surface area contributed by atoms with E-state index < -0.39 is 0 Å². The topological polar surface area (TPSA) is 29.1 Å². The molecule has 78 valence electrons. The molecule has 1 saturated heterocycles. The largest absolute Gasteiger partial charge is 0.307 e. The van der Waals surface area contributed by atoms with Crippen LogP contribution in [0, 0.1) is 0 Å². The van der Waals surface area contributed by atoms with Gasteiger partial charge in [-0.25, -0.2) is 0 Å². The van der Waals surface area contributed by atoms with Crippen LogP contribution in [0.2, 0.25) is 0 Å². The molecule has 0 spiro atoms. The number of hydrogen-bond acceptors (Lipinski definition) is 2. The predicted molar refractivity (Wildman–Crippen MR) is 61.5 cm³/mol. The first-order valence-corrected chi connectivity index (χ1v) is 5.36. The van der Waals surface area contributed by atoms with Crippen molar-refractivity contribution in [3.63, 3.8) is 0 Å². The van der Waals surface area contributed by atoms with E-state index in [4.69, 9.17) is 0 Å². The van der Waals surface area contributed by atoms with Gasteiger partial charge in [-0.15, -0.1) is 0 Å². The molecule has 0 bridgehead atoms. The molecular formula is C13H15NO. The Hall–Kier alpha value is -1.41. The second kappa shape index (κ2) is 4.89. The van der Waals surface area contributed by atoms with Gasteiger partial charge in [-0.2, -0.15) is 0 Å². The van der Waals surface area contributed by atoms with Gasteiger partial charge in [-0.05, 0) is 31.0 Å². The van der Waals surface area contributed by atoms with Crippen molar-refractivity contribution in [2.24, 2.45) is 0 Å². The third-order valence-electron chi connectivity index (χ3n) is 2.64. The highest BCUT2D eigenvalue weighted by Crippen LogP contribution is 2.08. The molecule has 1 N–H and O–H groups in total. The summed E-state index contributed by atoms with van der Waals surface area (Å²) in [5, 5.41) is 3.19. The standard InChI is InChI=1S/C13H15NO/c15-13(12-7-4-10-14-12)9-8-11-5-2-1-3-6-11/h1-3,5-6,8-9,12,14H,4,7,10H2/t12-/m0/s1. The number of carbonyl (C=O) groups excluding carboxylic acids is 1. The summed E-state index contributed by atoms with van der Waals surface area (Å²) in [5.74, 6) is 0.191. The van der Waals surface area contributed by atoms with Crippen molar-refractivity contribution in [2.45, 2.75) is 18.9 Å². The van der Waals surface area contributed by atoms with Gasteiger partial charge in [0.25, 0.3) is 0 Å². The van der Waals surface area contributed by atoms with Crippen LogP contribution in [0.25, 0.3) is 6.08 Å². The van der Waals surface area contributed by atoms with Gasteiger partial charge < -0.3 is 5.32 Å². The van der Waals surface area contributed by atoms with Gasteiger partial charge in [0, 0.05) is 0 Å². The van der Waals surface area contributed by atoms with Gasteiger partial charge >= 0.3 is 0 Å². The predicted octanol–water partition coefficient (Wildman–Crippen LogP) is 2.02. The lowest BCUT2D eigenvalue weighted by Crippen LogP contribution is -2.29. The Morgan fingerprint density at radius 2 is 2.13 bits per heavy atom. The summed E-state index contributed by atoms with van der Waals surface area (Å²) in [6.45, 7) is 0.968. The number of hydrogen-bond donors (Lipinski definition) is 1. The Labute approximate surface area is 90.0 Å². The Morgan fingerprint density at radius 3 is 2.80 bits per heavy atom. The van der Waals surface area contributed by atoms with Crippen molar-refractivity contribution < 1.29 is 4.79 Å². The first kappa shape index (κ1) is 10.1. The summed E-state index contributed by atoms with van der Waals surface area (Å²) in [5.41, 5.74) is 1.07. The molecule has 1 aliphatic heterocycles. The third-order valence-corrected chi connectivity index (χ3v) is 2.64. The van der Waals surface area contributed by atoms with Gasteiger partial charge in [0.05, 0.1) is 6.04 Å². The van der Waals surface area contributed by atoms with Crippen molar-refractivity contribution in [2.75, 3.05) is 6.54 Å². The Kier molecular flexibility index (Phi) is 3.30. The van der Waals surface area contributed by atoms with E-state index in [1.165, 1.54) is 0 Å². The van der Waals surface area contributed by atoms with E-state index in [0.29, 0.717) is 0 Å². The lowest BCUT2D eigenvalue weighted by molar-refractivity contribution is -0.116. The molecule has 2 rings (SSSR count). The van der Waals surface area contributed by atoms with Gasteiger partial charge in [0.15, 0.2) is 5.78 Å². The Morgan fingerprint density at radius 1 is 1.33 bits per heavy atom. The highest BCUT2D eigenvalue weighted by molar-refractivity contribution is 5.97. The molecular weight excluding hydrogens is 186 g/mol. The van der Waals surface area contributed by atoms with Crippen molar-refractivity contribution in [1.29, 1.82) is 0 Å². The van der Waals surface area contributed by atoms with Crippen LogP contribution in [0.15, 0.2) is 36.4 Å². The molecule has 0 radical (unpaired) electrons. The molecule has 1 aliphatic rings. The molecule has 0 aromatic heterocycles. The van der Waals surface area contributed by atoms with Crippen molar-refractivity contribution in [3.8, 4) is 0 Å². The Balaban J connectivity index is 1.96. The fraction of sp³-hybridized carbons (Fsp3) is 0.308. The molecule has 1 aromatic rings. The van der Waals surface area contributed by atoms with E-state index in [2.05, 4.69) is 5.32 Å². The van der Waals surface area contributed by atoms with E-state index in [-0.39, 0.29) is 11.8 Å². The molecule has 1 fully saturated rings. The van der Waals surface area contributed by atoms with Crippen LogP contribution in [-0.2, 0) is 4.79 Å². The quantitative estimate of drug-likeness (QED) is 0.758. The van der Waals surface area contributed by atoms with Crippen molar-refractivity contribution in [1.82, 2.24) is 5.32 Å². The van der Waals surface area contributed by atoms with E-state index in [1.807, 2.05) is 36.4 Å². The molecule has 2 heteroatoms. The average molecular weight is 201 g/mol. The van der Waals surface area contributed by atoms with E-state index in [1.54, 1.807) is 6.08 Å². The number of rotatable bonds is 3. The summed E-state index contributed by atoms with van der Waals surface area (Å²) in [6, 6.07) is 9.94. The molecule has 15 heavy (non-hydrogen) atoms.